The van der Waals surface area contributed by atoms with Crippen molar-refractivity contribution in [2.45, 2.75) is 116 Å². The van der Waals surface area contributed by atoms with Gasteiger partial charge in [0, 0.05) is 24.9 Å². The van der Waals surface area contributed by atoms with Crippen LogP contribution in [0.3, 0.4) is 0 Å². The molecular weight excluding hydrogens is 408 g/mol. The van der Waals surface area contributed by atoms with Crippen LogP contribution in [0.5, 0.6) is 0 Å². The van der Waals surface area contributed by atoms with Gasteiger partial charge in [-0.2, -0.15) is 0 Å². The van der Waals surface area contributed by atoms with Crippen LogP contribution in [0, 0.1) is 34.5 Å². The van der Waals surface area contributed by atoms with E-state index in [9.17, 15) is 9.90 Å². The third-order valence-electron chi connectivity index (χ3n) is 12.2. The minimum absolute atomic E-state index is 0.0279. The summed E-state index contributed by atoms with van der Waals surface area (Å²) < 4.78 is 0. The number of carbonyl (C=O) groups is 1. The van der Waals surface area contributed by atoms with Crippen LogP contribution in [0.2, 0.25) is 0 Å². The lowest BCUT2D eigenvalue weighted by Crippen LogP contribution is -2.70. The Morgan fingerprint density at radius 2 is 1.52 bits per heavy atom. The van der Waals surface area contributed by atoms with Crippen LogP contribution >= 0.6 is 0 Å². The van der Waals surface area contributed by atoms with E-state index in [1.54, 1.807) is 0 Å². The highest BCUT2D eigenvalue weighted by molar-refractivity contribution is 5.87. The van der Waals surface area contributed by atoms with Crippen LogP contribution in [0.15, 0.2) is 0 Å². The zero-order valence-corrected chi connectivity index (χ0v) is 21.4. The maximum atomic E-state index is 12.8. The van der Waals surface area contributed by atoms with E-state index >= 15 is 0 Å². The Kier molecular flexibility index (Phi) is 5.78. The summed E-state index contributed by atoms with van der Waals surface area (Å²) in [6, 6.07) is 0.287. The number of fused-ring (bicyclic) bond motifs is 5. The summed E-state index contributed by atoms with van der Waals surface area (Å²) in [5.74, 6) is 3.30. The highest BCUT2D eigenvalue weighted by atomic mass is 16.3. The summed E-state index contributed by atoms with van der Waals surface area (Å²) in [5, 5.41) is 12.5. The summed E-state index contributed by atoms with van der Waals surface area (Å²) in [4.78, 5) is 18.1. The molecule has 2 aliphatic heterocycles. The maximum absolute atomic E-state index is 12.8. The predicted octanol–water partition coefficient (Wildman–Crippen LogP) is 5.24. The highest BCUT2D eigenvalue weighted by Crippen LogP contribution is 2.66. The maximum Gasteiger partial charge on any atom is 0.139 e. The SMILES string of the molecule is C[C@]12CC(N3CCCCC3)[C@](O)(N3CCCCC3)C[C@@H]1CC[C@@H]1[C@@H]2CC[C@]2(C)C(=O)CC[C@@H]12. The van der Waals surface area contributed by atoms with Crippen LogP contribution in [-0.2, 0) is 4.79 Å². The fraction of sp³-hybridized carbons (Fsp3) is 0.966. The minimum Gasteiger partial charge on any atom is -0.374 e. The molecule has 33 heavy (non-hydrogen) atoms. The predicted molar refractivity (Wildman–Crippen MR) is 132 cm³/mol. The Morgan fingerprint density at radius 1 is 0.818 bits per heavy atom. The molecule has 2 saturated heterocycles. The molecule has 186 valence electrons. The van der Waals surface area contributed by atoms with Crippen molar-refractivity contribution < 1.29 is 9.90 Å². The Bertz CT molecular complexity index is 759. The van der Waals surface area contributed by atoms with E-state index in [0.717, 1.165) is 50.6 Å². The molecular formula is C29H48N2O2. The molecule has 4 aliphatic carbocycles. The van der Waals surface area contributed by atoms with Gasteiger partial charge in [-0.05, 0) is 113 Å². The van der Waals surface area contributed by atoms with Crippen LogP contribution in [0.1, 0.15) is 104 Å². The molecule has 0 spiro atoms. The van der Waals surface area contributed by atoms with Crippen molar-refractivity contribution in [3.63, 3.8) is 0 Å². The normalized spacial score (nSPS) is 51.6. The Hall–Kier alpha value is -0.450. The highest BCUT2D eigenvalue weighted by Gasteiger charge is 2.64. The molecule has 0 bridgehead atoms. The van der Waals surface area contributed by atoms with Crippen LogP contribution < -0.4 is 0 Å². The molecule has 0 aromatic heterocycles. The number of piperidine rings is 2. The van der Waals surface area contributed by atoms with Crippen molar-refractivity contribution in [2.24, 2.45) is 34.5 Å². The Morgan fingerprint density at radius 3 is 2.24 bits per heavy atom. The van der Waals surface area contributed by atoms with Gasteiger partial charge in [0.25, 0.3) is 0 Å². The van der Waals surface area contributed by atoms with Crippen molar-refractivity contribution in [1.82, 2.24) is 9.80 Å². The van der Waals surface area contributed by atoms with Crippen molar-refractivity contribution in [3.05, 3.63) is 0 Å². The standard InChI is InChI=1S/C29H48N2O2/c1-27-14-13-24-22(23(27)11-12-26(27)32)10-9-21-19-29(33,31-17-7-4-8-18-31)25(20-28(21,24)2)30-15-5-3-6-16-30/h21-25,33H,3-20H2,1-2H3/t21-,22-,23-,24-,25?,27-,28-,29-/m0/s1. The molecule has 0 aromatic carbocycles. The summed E-state index contributed by atoms with van der Waals surface area (Å²) in [5.41, 5.74) is -0.346. The first-order valence-corrected chi connectivity index (χ1v) is 14.6. The van der Waals surface area contributed by atoms with Crippen molar-refractivity contribution in [1.29, 1.82) is 0 Å². The van der Waals surface area contributed by atoms with E-state index in [4.69, 9.17) is 0 Å². The third-order valence-corrected chi connectivity index (χ3v) is 12.2. The van der Waals surface area contributed by atoms with E-state index in [1.165, 1.54) is 77.3 Å². The summed E-state index contributed by atoms with van der Waals surface area (Å²) in [7, 11) is 0. The topological polar surface area (TPSA) is 43.8 Å². The number of ketones is 1. The number of aliphatic hydroxyl groups is 1. The smallest absolute Gasteiger partial charge is 0.139 e. The Labute approximate surface area is 201 Å². The van der Waals surface area contributed by atoms with Crippen LogP contribution in [0.25, 0.3) is 0 Å². The zero-order valence-electron chi connectivity index (χ0n) is 21.4. The van der Waals surface area contributed by atoms with E-state index in [0.29, 0.717) is 23.0 Å². The number of hydrogen-bond donors (Lipinski definition) is 1. The van der Waals surface area contributed by atoms with Gasteiger partial charge >= 0.3 is 0 Å². The first-order valence-electron chi connectivity index (χ1n) is 14.6. The first-order chi connectivity index (χ1) is 15.9. The molecule has 4 nitrogen and oxygen atoms in total. The fourth-order valence-electron chi connectivity index (χ4n) is 10.3. The molecule has 4 saturated carbocycles. The van der Waals surface area contributed by atoms with Gasteiger partial charge in [-0.1, -0.05) is 26.7 Å². The van der Waals surface area contributed by atoms with E-state index in [1.807, 2.05) is 0 Å². The quantitative estimate of drug-likeness (QED) is 0.617. The summed E-state index contributed by atoms with van der Waals surface area (Å²) in [6.07, 6.45) is 16.8. The number of nitrogens with zero attached hydrogens (tertiary/aromatic N) is 2. The van der Waals surface area contributed by atoms with Crippen molar-refractivity contribution in [3.8, 4) is 0 Å². The monoisotopic (exact) mass is 456 g/mol. The first kappa shape index (κ1) is 23.0. The lowest BCUT2D eigenvalue weighted by atomic mass is 9.44. The lowest BCUT2D eigenvalue weighted by molar-refractivity contribution is -0.239. The van der Waals surface area contributed by atoms with Gasteiger partial charge in [-0.25, -0.2) is 0 Å². The second kappa shape index (κ2) is 8.30. The average molecular weight is 457 g/mol. The van der Waals surface area contributed by atoms with Gasteiger partial charge in [-0.15, -0.1) is 0 Å². The zero-order chi connectivity index (χ0) is 22.8. The largest absolute Gasteiger partial charge is 0.374 e. The molecule has 1 unspecified atom stereocenters. The minimum atomic E-state index is -0.638. The number of Topliss-reactive ketones (excluding diaryl/α,β-unsaturated/α-hetero) is 1. The molecule has 4 heteroatoms. The van der Waals surface area contributed by atoms with Gasteiger partial charge in [0.05, 0.1) is 6.04 Å². The lowest BCUT2D eigenvalue weighted by Gasteiger charge is -2.65. The summed E-state index contributed by atoms with van der Waals surface area (Å²) >= 11 is 0. The number of carbonyl (C=O) groups excluding carboxylic acids is 1. The van der Waals surface area contributed by atoms with E-state index < -0.39 is 5.72 Å². The molecule has 0 aromatic rings. The second-order valence-electron chi connectivity index (χ2n) is 13.5. The van der Waals surface area contributed by atoms with E-state index in [2.05, 4.69) is 23.6 Å². The van der Waals surface area contributed by atoms with Crippen LogP contribution in [0.4, 0.5) is 0 Å². The molecule has 6 rings (SSSR count). The molecule has 2 heterocycles. The molecule has 6 aliphatic rings. The van der Waals surface area contributed by atoms with Gasteiger partial charge in [-0.3, -0.25) is 14.6 Å². The van der Waals surface area contributed by atoms with Gasteiger partial charge in [0.15, 0.2) is 0 Å². The molecule has 6 fully saturated rings. The average Bonchev–Trinajstić information content (AvgIpc) is 3.15. The van der Waals surface area contributed by atoms with Gasteiger partial charge in [0.1, 0.15) is 11.5 Å². The molecule has 1 N–H and O–H groups in total. The summed E-state index contributed by atoms with van der Waals surface area (Å²) in [6.45, 7) is 9.44. The Balaban J connectivity index is 1.32. The third kappa shape index (κ3) is 3.44. The second-order valence-corrected chi connectivity index (χ2v) is 13.5. The van der Waals surface area contributed by atoms with Crippen molar-refractivity contribution >= 4 is 5.78 Å². The fourth-order valence-corrected chi connectivity index (χ4v) is 10.3. The molecule has 0 amide bonds. The van der Waals surface area contributed by atoms with E-state index in [-0.39, 0.29) is 11.5 Å². The molecule has 8 atom stereocenters. The number of hydrogen-bond acceptors (Lipinski definition) is 4. The van der Waals surface area contributed by atoms with Crippen molar-refractivity contribution in [2.75, 3.05) is 26.2 Å². The molecule has 0 radical (unpaired) electrons. The van der Waals surface area contributed by atoms with Crippen LogP contribution in [-0.4, -0.2) is 58.6 Å². The number of likely N-dealkylation sites (tertiary alicyclic amines) is 2. The number of rotatable bonds is 2. The van der Waals surface area contributed by atoms with Gasteiger partial charge < -0.3 is 5.11 Å². The van der Waals surface area contributed by atoms with Gasteiger partial charge in [0.2, 0.25) is 0 Å².